The molecule has 0 radical (unpaired) electrons. The standard InChI is InChI=1S/K.H3O4P.Si/c;1-5(2,3)4;/h;(H3,1,2,3,4);/q+1;;+4. The fraction of sp³-hybridized carbons (Fsp3) is 0. The third kappa shape index (κ3) is 73.5. The second-order valence-electron chi connectivity index (χ2n) is 0.513. The van der Waals surface area contributed by atoms with Crippen LogP contribution in [0.15, 0.2) is 0 Å². The van der Waals surface area contributed by atoms with Crippen molar-refractivity contribution in [3.8, 4) is 0 Å². The molecule has 0 aromatic rings. The second-order valence-corrected chi connectivity index (χ2v) is 1.54. The SMILES string of the molecule is O=P(O)(O)O.[K+].[Si+4]. The van der Waals surface area contributed by atoms with Crippen LogP contribution >= 0.6 is 7.82 Å². The van der Waals surface area contributed by atoms with Gasteiger partial charge in [-0.15, -0.1) is 0 Å². The molecule has 0 aromatic carbocycles. The van der Waals surface area contributed by atoms with Crippen LogP contribution in [-0.2, 0) is 4.57 Å². The second kappa shape index (κ2) is 6.09. The van der Waals surface area contributed by atoms with E-state index in [0.29, 0.717) is 0 Å². The molecule has 0 unspecified atom stereocenters. The molecule has 0 aliphatic heterocycles. The quantitative estimate of drug-likeness (QED) is 0.251. The van der Waals surface area contributed by atoms with E-state index < -0.39 is 7.82 Å². The molecule has 0 saturated heterocycles. The van der Waals surface area contributed by atoms with Crippen LogP contribution in [0.1, 0.15) is 0 Å². The van der Waals surface area contributed by atoms with Crippen LogP contribution in [0, 0.1) is 0 Å². The Kier molecular flexibility index (Phi) is 13.9. The molecule has 0 spiro atoms. The third-order valence-electron chi connectivity index (χ3n) is 0. The maximum Gasteiger partial charge on any atom is 4.00 e. The first-order valence-corrected chi connectivity index (χ1v) is 2.35. The average molecular weight is 165 g/mol. The monoisotopic (exact) mass is 165 g/mol. The van der Waals surface area contributed by atoms with Gasteiger partial charge >= 0.3 is 70.2 Å². The van der Waals surface area contributed by atoms with Crippen molar-refractivity contribution in [2.45, 2.75) is 0 Å². The van der Waals surface area contributed by atoms with Crippen molar-refractivity contribution in [1.82, 2.24) is 0 Å². The van der Waals surface area contributed by atoms with E-state index in [-0.39, 0.29) is 62.3 Å². The van der Waals surface area contributed by atoms with Gasteiger partial charge in [0.1, 0.15) is 0 Å². The van der Waals surface area contributed by atoms with Crippen molar-refractivity contribution >= 4 is 18.8 Å². The zero-order valence-corrected chi connectivity index (χ0v) is 8.71. The minimum absolute atomic E-state index is 0. The van der Waals surface area contributed by atoms with E-state index in [9.17, 15) is 0 Å². The fourth-order valence-corrected chi connectivity index (χ4v) is 0. The summed E-state index contributed by atoms with van der Waals surface area (Å²) in [6, 6.07) is 0. The van der Waals surface area contributed by atoms with E-state index in [1.54, 1.807) is 0 Å². The molecule has 32 valence electrons. The van der Waals surface area contributed by atoms with Gasteiger partial charge < -0.3 is 14.7 Å². The van der Waals surface area contributed by atoms with Crippen LogP contribution < -0.4 is 51.4 Å². The fourth-order valence-electron chi connectivity index (χ4n) is 0. The summed E-state index contributed by atoms with van der Waals surface area (Å²) in [5.74, 6) is 0. The number of hydrogen-bond donors (Lipinski definition) is 3. The van der Waals surface area contributed by atoms with Crippen LogP contribution in [0.3, 0.4) is 0 Å². The molecule has 4 nitrogen and oxygen atoms in total. The van der Waals surface area contributed by atoms with Gasteiger partial charge in [0.2, 0.25) is 0 Å². The molecule has 7 heavy (non-hydrogen) atoms. The Bertz CT molecular complexity index is 57.8. The smallest absolute Gasteiger partial charge is 0.303 e. The Hall–Kier alpha value is 1.96. The largest absolute Gasteiger partial charge is 4.00 e. The van der Waals surface area contributed by atoms with Gasteiger partial charge in [-0.05, 0) is 0 Å². The summed E-state index contributed by atoms with van der Waals surface area (Å²) >= 11 is 0. The topological polar surface area (TPSA) is 77.8 Å². The van der Waals surface area contributed by atoms with E-state index in [1.165, 1.54) is 0 Å². The van der Waals surface area contributed by atoms with Gasteiger partial charge in [-0.1, -0.05) is 0 Å². The Morgan fingerprint density at radius 1 is 1.14 bits per heavy atom. The van der Waals surface area contributed by atoms with Crippen LogP contribution in [-0.4, -0.2) is 25.6 Å². The maximum absolute atomic E-state index is 8.88. The van der Waals surface area contributed by atoms with E-state index >= 15 is 0 Å². The molecule has 0 amide bonds. The van der Waals surface area contributed by atoms with Crippen LogP contribution in [0.2, 0.25) is 0 Å². The summed E-state index contributed by atoms with van der Waals surface area (Å²) in [7, 11) is -4.64. The number of phosphoric acid groups is 1. The maximum atomic E-state index is 8.88. The predicted octanol–water partition coefficient (Wildman–Crippen LogP) is -4.31. The van der Waals surface area contributed by atoms with Crippen molar-refractivity contribution in [2.75, 3.05) is 0 Å². The van der Waals surface area contributed by atoms with Gasteiger partial charge in [-0.2, -0.15) is 0 Å². The van der Waals surface area contributed by atoms with Gasteiger partial charge in [0.25, 0.3) is 0 Å². The molecule has 3 N–H and O–H groups in total. The molecule has 0 aromatic heterocycles. The predicted molar refractivity (Wildman–Crippen MR) is 20.0 cm³/mol. The summed E-state index contributed by atoms with van der Waals surface area (Å²) in [6.07, 6.45) is 0. The molecular weight excluding hydrogens is 162 g/mol. The van der Waals surface area contributed by atoms with Gasteiger partial charge in [-0.3, -0.25) is 0 Å². The number of rotatable bonds is 0. The van der Waals surface area contributed by atoms with Crippen molar-refractivity contribution in [2.24, 2.45) is 0 Å². The first-order chi connectivity index (χ1) is 2.00. The average Bonchev–Trinajstić information content (AvgIpc) is 0.722. The molecule has 0 fully saturated rings. The first kappa shape index (κ1) is 16.0. The van der Waals surface area contributed by atoms with Crippen LogP contribution in [0.5, 0.6) is 0 Å². The van der Waals surface area contributed by atoms with Crippen molar-refractivity contribution in [3.05, 3.63) is 0 Å². The summed E-state index contributed by atoms with van der Waals surface area (Å²) in [5.41, 5.74) is 0. The van der Waals surface area contributed by atoms with E-state index in [4.69, 9.17) is 19.2 Å². The Morgan fingerprint density at radius 2 is 1.14 bits per heavy atom. The normalized spacial score (nSPS) is 8.43. The Balaban J connectivity index is -0.0000000800. The third-order valence-corrected chi connectivity index (χ3v) is 0. The molecule has 0 heterocycles. The van der Waals surface area contributed by atoms with Crippen molar-refractivity contribution in [3.63, 3.8) is 0 Å². The van der Waals surface area contributed by atoms with Crippen LogP contribution in [0.25, 0.3) is 0 Å². The molecule has 0 aliphatic carbocycles. The molecule has 0 saturated carbocycles. The van der Waals surface area contributed by atoms with E-state index in [0.717, 1.165) is 0 Å². The molecule has 0 atom stereocenters. The first-order valence-electron chi connectivity index (χ1n) is 0.783. The zero-order valence-electron chi connectivity index (χ0n) is 3.70. The van der Waals surface area contributed by atoms with Crippen LogP contribution in [0.4, 0.5) is 0 Å². The Morgan fingerprint density at radius 3 is 1.14 bits per heavy atom. The van der Waals surface area contributed by atoms with Gasteiger partial charge in [-0.25, -0.2) is 4.57 Å². The van der Waals surface area contributed by atoms with Gasteiger partial charge in [0.15, 0.2) is 0 Å². The van der Waals surface area contributed by atoms with Crippen molar-refractivity contribution in [1.29, 1.82) is 0 Å². The zero-order chi connectivity index (χ0) is 4.50. The molecule has 7 heteroatoms. The number of hydrogen-bond acceptors (Lipinski definition) is 1. The van der Waals surface area contributed by atoms with E-state index in [1.807, 2.05) is 0 Å². The molecular formula is H3KO4PSi+5. The Labute approximate surface area is 88.0 Å². The summed E-state index contributed by atoms with van der Waals surface area (Å²) in [4.78, 5) is 21.6. The van der Waals surface area contributed by atoms with Crippen molar-refractivity contribution < 1.29 is 70.6 Å². The minimum Gasteiger partial charge on any atom is -0.303 e. The summed E-state index contributed by atoms with van der Waals surface area (Å²) < 4.78 is 8.88. The molecule has 0 bridgehead atoms. The summed E-state index contributed by atoms with van der Waals surface area (Å²) in [6.45, 7) is 0. The molecule has 0 rings (SSSR count). The summed E-state index contributed by atoms with van der Waals surface area (Å²) in [5, 5.41) is 0. The van der Waals surface area contributed by atoms with Gasteiger partial charge in [0.05, 0.1) is 0 Å². The minimum atomic E-state index is -4.64. The van der Waals surface area contributed by atoms with E-state index in [2.05, 4.69) is 0 Å². The van der Waals surface area contributed by atoms with Gasteiger partial charge in [0, 0.05) is 0 Å². The molecule has 0 aliphatic rings.